The van der Waals surface area contributed by atoms with Crippen molar-refractivity contribution in [1.82, 2.24) is 24.8 Å². The van der Waals surface area contributed by atoms with Gasteiger partial charge >= 0.3 is 26.8 Å². The first-order valence-corrected chi connectivity index (χ1v) is 18.9. The molecule has 18 heteroatoms. The zero-order valence-corrected chi connectivity index (χ0v) is 31.4. The molecule has 13 nitrogen and oxygen atoms in total. The van der Waals surface area contributed by atoms with Crippen LogP contribution >= 0.6 is 19.9 Å². The van der Waals surface area contributed by atoms with E-state index in [4.69, 9.17) is 13.8 Å². The van der Waals surface area contributed by atoms with E-state index in [-0.39, 0.29) is 69.9 Å². The first-order valence-electron chi connectivity index (χ1n) is 16.9. The van der Waals surface area contributed by atoms with E-state index in [1.165, 1.54) is 30.7 Å². The van der Waals surface area contributed by atoms with Gasteiger partial charge in [0.1, 0.15) is 22.0 Å². The lowest BCUT2D eigenvalue weighted by Crippen LogP contribution is -2.28. The third-order valence-electron chi connectivity index (χ3n) is 7.88. The van der Waals surface area contributed by atoms with Gasteiger partial charge < -0.3 is 28.6 Å². The highest BCUT2D eigenvalue weighted by molar-refractivity contribution is 7.40. The van der Waals surface area contributed by atoms with Gasteiger partial charge in [-0.25, -0.2) is 24.5 Å². The molecule has 4 heterocycles. The van der Waals surface area contributed by atoms with Crippen LogP contribution in [0.15, 0.2) is 71.2 Å². The first kappa shape index (κ1) is 40.4. The second-order valence-electron chi connectivity index (χ2n) is 12.3. The van der Waals surface area contributed by atoms with Gasteiger partial charge in [-0.05, 0) is 43.9 Å². The SMILES string of the molecule is CCNC(=O)Nc1cc(-c2nc(C(F)(F)F)cs2)c(-c2cnc3c(c2)c(=O)c(C(=O)OCC)cn3[C@H](COP(O)OCc2ccccc2)CC(C)C)cn1. The molecule has 0 saturated heterocycles. The Hall–Kier alpha value is -4.80. The Kier molecular flexibility index (Phi) is 13.5. The number of nitrogens with one attached hydrogen (secondary N) is 2. The Morgan fingerprint density at radius 2 is 1.81 bits per heavy atom. The topological polar surface area (TPSA) is 167 Å². The summed E-state index contributed by atoms with van der Waals surface area (Å²) in [7, 11) is -2.30. The third kappa shape index (κ3) is 10.0. The Bertz CT molecular complexity index is 2150. The minimum absolute atomic E-state index is 0.000112. The van der Waals surface area contributed by atoms with Gasteiger partial charge in [-0.2, -0.15) is 13.2 Å². The van der Waals surface area contributed by atoms with Crippen LogP contribution in [0, 0.1) is 5.92 Å². The summed E-state index contributed by atoms with van der Waals surface area (Å²) in [6.07, 6.45) is -0.112. The summed E-state index contributed by atoms with van der Waals surface area (Å²) in [5, 5.41) is 5.96. The van der Waals surface area contributed by atoms with Gasteiger partial charge in [0.05, 0.1) is 31.2 Å². The minimum atomic E-state index is -4.70. The van der Waals surface area contributed by atoms with E-state index in [0.717, 1.165) is 22.3 Å². The molecular formula is C36H38F3N6O7PS. The van der Waals surface area contributed by atoms with Gasteiger partial charge in [-0.15, -0.1) is 11.3 Å². The number of urea groups is 1. The second kappa shape index (κ2) is 18.0. The number of halogens is 3. The fourth-order valence-electron chi connectivity index (χ4n) is 5.49. The molecule has 1 aromatic carbocycles. The van der Waals surface area contributed by atoms with Crippen LogP contribution in [0.2, 0.25) is 0 Å². The zero-order chi connectivity index (χ0) is 39.0. The number of rotatable bonds is 15. The summed E-state index contributed by atoms with van der Waals surface area (Å²) in [6.45, 7) is 7.64. The van der Waals surface area contributed by atoms with Crippen molar-refractivity contribution in [3.05, 3.63) is 93.5 Å². The molecule has 2 amide bonds. The zero-order valence-electron chi connectivity index (χ0n) is 29.7. The summed E-state index contributed by atoms with van der Waals surface area (Å²) in [5.41, 5.74) is -0.344. The molecule has 3 N–H and O–H groups in total. The van der Waals surface area contributed by atoms with Crippen LogP contribution in [0.5, 0.6) is 0 Å². The van der Waals surface area contributed by atoms with Crippen molar-refractivity contribution < 1.29 is 41.4 Å². The molecule has 0 saturated carbocycles. The van der Waals surface area contributed by atoms with Gasteiger partial charge in [0.2, 0.25) is 5.43 Å². The third-order valence-corrected chi connectivity index (χ3v) is 9.48. The number of thiazole rings is 1. The molecule has 0 fully saturated rings. The number of ether oxygens (including phenoxy) is 1. The van der Waals surface area contributed by atoms with E-state index in [1.54, 1.807) is 18.4 Å². The smallest absolute Gasteiger partial charge is 0.434 e. The quantitative estimate of drug-likeness (QED) is 0.0700. The number of carbonyl (C=O) groups excluding carboxylic acids is 2. The summed E-state index contributed by atoms with van der Waals surface area (Å²) in [4.78, 5) is 62.7. The monoisotopic (exact) mass is 786 g/mol. The normalized spacial score (nSPS) is 12.8. The number of fused-ring (bicyclic) bond motifs is 1. The maximum Gasteiger partial charge on any atom is 0.434 e. The number of anilines is 1. The molecule has 4 aromatic heterocycles. The van der Waals surface area contributed by atoms with Gasteiger partial charge in [0, 0.05) is 47.2 Å². The molecule has 286 valence electrons. The molecule has 2 atom stereocenters. The van der Waals surface area contributed by atoms with Crippen LogP contribution in [0.1, 0.15) is 61.8 Å². The number of hydrogen-bond donors (Lipinski definition) is 3. The number of amides is 2. The van der Waals surface area contributed by atoms with E-state index < -0.39 is 43.9 Å². The number of hydrogen-bond acceptors (Lipinski definition) is 11. The molecule has 5 aromatic rings. The number of nitrogens with zero attached hydrogens (tertiary/aromatic N) is 4. The molecule has 5 rings (SSSR count). The fraction of sp³-hybridized carbons (Fsp3) is 0.333. The van der Waals surface area contributed by atoms with Crippen molar-refractivity contribution in [2.75, 3.05) is 25.1 Å². The Balaban J connectivity index is 1.60. The fourth-order valence-corrected chi connectivity index (χ4v) is 6.98. The lowest BCUT2D eigenvalue weighted by atomic mass is 10.0. The van der Waals surface area contributed by atoms with E-state index in [0.29, 0.717) is 13.0 Å². The van der Waals surface area contributed by atoms with Crippen molar-refractivity contribution in [3.63, 3.8) is 0 Å². The van der Waals surface area contributed by atoms with Crippen LogP contribution in [-0.4, -0.2) is 56.2 Å². The summed E-state index contributed by atoms with van der Waals surface area (Å²) >= 11 is 0.739. The van der Waals surface area contributed by atoms with Gasteiger partial charge in [-0.3, -0.25) is 10.1 Å². The molecule has 0 bridgehead atoms. The number of carbonyl (C=O) groups is 2. The predicted octanol–water partition coefficient (Wildman–Crippen LogP) is 7.96. The second-order valence-corrected chi connectivity index (χ2v) is 14.2. The Morgan fingerprint density at radius 1 is 1.06 bits per heavy atom. The average molecular weight is 787 g/mol. The van der Waals surface area contributed by atoms with Crippen LogP contribution in [0.25, 0.3) is 32.7 Å². The molecule has 0 aliphatic heterocycles. The maximum atomic E-state index is 14.0. The summed E-state index contributed by atoms with van der Waals surface area (Å²) < 4.78 is 59.0. The minimum Gasteiger partial charge on any atom is -0.462 e. The van der Waals surface area contributed by atoms with Crippen LogP contribution in [0.4, 0.5) is 23.8 Å². The van der Waals surface area contributed by atoms with Crippen LogP contribution in [-0.2, 0) is 26.6 Å². The van der Waals surface area contributed by atoms with Gasteiger partial charge in [-0.1, -0.05) is 44.2 Å². The summed E-state index contributed by atoms with van der Waals surface area (Å²) in [6, 6.07) is 11.0. The van der Waals surface area contributed by atoms with E-state index >= 15 is 0 Å². The van der Waals surface area contributed by atoms with E-state index in [2.05, 4.69) is 25.6 Å². The van der Waals surface area contributed by atoms with Crippen molar-refractivity contribution >= 4 is 48.8 Å². The van der Waals surface area contributed by atoms with Gasteiger partial charge in [0.15, 0.2) is 5.69 Å². The van der Waals surface area contributed by atoms with Crippen LogP contribution in [0.3, 0.4) is 0 Å². The number of aromatic nitrogens is 4. The number of alkyl halides is 3. The first-order chi connectivity index (χ1) is 25.8. The Labute approximate surface area is 313 Å². The number of benzene rings is 1. The standard InChI is InChI=1S/C36H38F3N6O7PS/c1-5-40-35(48)44-30-14-25(33-43-29(20-54-33)36(37,38)39)27(16-41-30)23-13-26-31(46)28(34(47)50-6-2)17-45(32(26)42-15-23)24(12-21(3)4)19-52-53(49)51-18-22-10-8-7-9-11-22/h7-11,13-17,20-21,24,49H,5-6,12,18-19H2,1-4H3,(H2,40,41,44,48)/t24-,53?/m0/s1. The van der Waals surface area contributed by atoms with Crippen molar-refractivity contribution in [2.45, 2.75) is 52.9 Å². The highest BCUT2D eigenvalue weighted by Gasteiger charge is 2.34. The molecule has 0 aliphatic rings. The molecule has 0 aliphatic carbocycles. The lowest BCUT2D eigenvalue weighted by molar-refractivity contribution is -0.140. The number of pyridine rings is 3. The predicted molar refractivity (Wildman–Crippen MR) is 199 cm³/mol. The van der Waals surface area contributed by atoms with Crippen LogP contribution < -0.4 is 16.1 Å². The number of esters is 1. The highest BCUT2D eigenvalue weighted by Crippen LogP contribution is 2.40. The highest BCUT2D eigenvalue weighted by atomic mass is 32.1. The van der Waals surface area contributed by atoms with E-state index in [9.17, 15) is 32.4 Å². The molecule has 0 spiro atoms. The maximum absolute atomic E-state index is 14.0. The molecule has 0 radical (unpaired) electrons. The lowest BCUT2D eigenvalue weighted by Gasteiger charge is -2.25. The average Bonchev–Trinajstić information content (AvgIpc) is 3.65. The van der Waals surface area contributed by atoms with Crippen molar-refractivity contribution in [3.8, 4) is 21.7 Å². The van der Waals surface area contributed by atoms with Crippen molar-refractivity contribution in [1.29, 1.82) is 0 Å². The molecule has 1 unspecified atom stereocenters. The van der Waals surface area contributed by atoms with Gasteiger partial charge in [0.25, 0.3) is 0 Å². The molecular weight excluding hydrogens is 748 g/mol. The molecule has 54 heavy (non-hydrogen) atoms. The van der Waals surface area contributed by atoms with Crippen molar-refractivity contribution in [2.24, 2.45) is 5.92 Å². The van der Waals surface area contributed by atoms with E-state index in [1.807, 2.05) is 44.2 Å². The Morgan fingerprint density at radius 3 is 2.48 bits per heavy atom. The summed E-state index contributed by atoms with van der Waals surface area (Å²) in [5.74, 6) is -0.736. The largest absolute Gasteiger partial charge is 0.462 e.